The first-order chi connectivity index (χ1) is 10.8. The van der Waals surface area contributed by atoms with Crippen LogP contribution >= 0.6 is 0 Å². The van der Waals surface area contributed by atoms with Gasteiger partial charge in [0.05, 0.1) is 0 Å². The Morgan fingerprint density at radius 3 is 2.70 bits per heavy atom. The quantitative estimate of drug-likeness (QED) is 0.849. The van der Waals surface area contributed by atoms with Crippen LogP contribution in [0.3, 0.4) is 0 Å². The minimum absolute atomic E-state index is 0.0220. The summed E-state index contributed by atoms with van der Waals surface area (Å²) >= 11 is 0. The van der Waals surface area contributed by atoms with Crippen LogP contribution in [-0.4, -0.2) is 29.8 Å². The van der Waals surface area contributed by atoms with E-state index >= 15 is 0 Å². The number of nitrogens with zero attached hydrogens (tertiary/aromatic N) is 2. The van der Waals surface area contributed by atoms with Crippen molar-refractivity contribution >= 4 is 5.91 Å². The molecule has 0 aliphatic rings. The number of hydrogen-bond donors (Lipinski definition) is 1. The zero-order chi connectivity index (χ0) is 17.0. The third-order valence-electron chi connectivity index (χ3n) is 2.73. The normalized spacial score (nSPS) is 11.5. The zero-order valence-corrected chi connectivity index (χ0v) is 11.8. The van der Waals surface area contributed by atoms with Crippen molar-refractivity contribution in [2.45, 2.75) is 12.7 Å². The second-order valence-corrected chi connectivity index (χ2v) is 4.44. The second kappa shape index (κ2) is 6.73. The van der Waals surface area contributed by atoms with Crippen LogP contribution in [0.1, 0.15) is 11.5 Å². The topological polar surface area (TPSA) is 77.2 Å². The minimum atomic E-state index is -4.77. The molecule has 1 aromatic heterocycles. The van der Waals surface area contributed by atoms with Gasteiger partial charge in [-0.2, -0.15) is 18.2 Å². The Morgan fingerprint density at radius 2 is 2.13 bits per heavy atom. The van der Waals surface area contributed by atoms with Crippen molar-refractivity contribution in [3.05, 3.63) is 35.5 Å². The van der Waals surface area contributed by atoms with Crippen molar-refractivity contribution in [2.75, 3.05) is 13.7 Å². The maximum atomic E-state index is 13.9. The number of aromatic nitrogens is 2. The van der Waals surface area contributed by atoms with E-state index in [9.17, 15) is 22.4 Å². The maximum Gasteiger partial charge on any atom is 0.471 e. The molecular formula is C13H11F4N3O3. The van der Waals surface area contributed by atoms with Gasteiger partial charge in [0, 0.05) is 24.8 Å². The number of ether oxygens (including phenoxy) is 1. The fourth-order valence-corrected chi connectivity index (χ4v) is 1.66. The van der Waals surface area contributed by atoms with Crippen molar-refractivity contribution < 1.29 is 31.6 Å². The highest BCUT2D eigenvalue weighted by atomic mass is 19.4. The molecule has 1 N–H and O–H groups in total. The highest BCUT2D eigenvalue weighted by Crippen LogP contribution is 2.29. The Hall–Kier alpha value is -2.49. The van der Waals surface area contributed by atoms with Crippen LogP contribution in [0.4, 0.5) is 17.6 Å². The van der Waals surface area contributed by atoms with E-state index < -0.39 is 23.8 Å². The molecule has 0 saturated heterocycles. The summed E-state index contributed by atoms with van der Waals surface area (Å²) in [5, 5.41) is 5.58. The van der Waals surface area contributed by atoms with Gasteiger partial charge in [-0.1, -0.05) is 17.3 Å². The van der Waals surface area contributed by atoms with Crippen molar-refractivity contribution in [3.8, 4) is 11.4 Å². The van der Waals surface area contributed by atoms with Gasteiger partial charge in [0.2, 0.25) is 11.7 Å². The largest absolute Gasteiger partial charge is 0.471 e. The number of rotatable bonds is 5. The van der Waals surface area contributed by atoms with Crippen molar-refractivity contribution in [1.82, 2.24) is 15.5 Å². The van der Waals surface area contributed by atoms with Gasteiger partial charge < -0.3 is 14.6 Å². The summed E-state index contributed by atoms with van der Waals surface area (Å²) < 4.78 is 59.7. The Bertz CT molecular complexity index is 700. The fraction of sp³-hybridized carbons (Fsp3) is 0.308. The predicted molar refractivity (Wildman–Crippen MR) is 68.4 cm³/mol. The van der Waals surface area contributed by atoms with Gasteiger partial charge in [-0.05, 0) is 6.07 Å². The zero-order valence-electron chi connectivity index (χ0n) is 11.8. The predicted octanol–water partition coefficient (Wildman–Crippen LogP) is 2.16. The Morgan fingerprint density at radius 1 is 1.39 bits per heavy atom. The van der Waals surface area contributed by atoms with E-state index in [0.717, 1.165) is 6.07 Å². The monoisotopic (exact) mass is 333 g/mol. The van der Waals surface area contributed by atoms with Gasteiger partial charge in [0.25, 0.3) is 0 Å². The molecular weight excluding hydrogens is 322 g/mol. The summed E-state index contributed by atoms with van der Waals surface area (Å²) in [6.45, 7) is -0.253. The van der Waals surface area contributed by atoms with E-state index in [-0.39, 0.29) is 30.1 Å². The van der Waals surface area contributed by atoms with Crippen LogP contribution in [0.25, 0.3) is 11.4 Å². The number of alkyl halides is 3. The third kappa shape index (κ3) is 4.25. The van der Waals surface area contributed by atoms with E-state index in [1.165, 1.54) is 19.2 Å². The van der Waals surface area contributed by atoms with Gasteiger partial charge in [-0.25, -0.2) is 4.39 Å². The smallest absolute Gasteiger partial charge is 0.375 e. The number of carbonyl (C=O) groups excluding carboxylic acids is 1. The Labute approximate surface area is 127 Å². The van der Waals surface area contributed by atoms with Gasteiger partial charge in [-0.15, -0.1) is 0 Å². The number of halogens is 4. The first-order valence-electron chi connectivity index (χ1n) is 6.26. The lowest BCUT2D eigenvalue weighted by Gasteiger charge is -2.06. The van der Waals surface area contributed by atoms with Gasteiger partial charge >= 0.3 is 12.1 Å². The molecule has 0 spiro atoms. The summed E-state index contributed by atoms with van der Waals surface area (Å²) in [6.07, 6.45) is -4.77. The molecule has 1 heterocycles. The number of nitrogens with one attached hydrogen (secondary N) is 1. The molecule has 10 heteroatoms. The number of benzene rings is 1. The standard InChI is InChI=1S/C13H11F4N3O3/c1-22-6-10(21)18-5-8-3-2-7(4-9(8)14)11-19-12(23-20-11)13(15,16)17/h2-4H,5-6H2,1H3,(H,18,21). The summed E-state index contributed by atoms with van der Waals surface area (Å²) in [7, 11) is 1.34. The van der Waals surface area contributed by atoms with Crippen molar-refractivity contribution in [1.29, 1.82) is 0 Å². The first-order valence-corrected chi connectivity index (χ1v) is 6.26. The van der Waals surface area contributed by atoms with E-state index in [4.69, 9.17) is 0 Å². The van der Waals surface area contributed by atoms with Crippen LogP contribution in [0.5, 0.6) is 0 Å². The molecule has 2 rings (SSSR count). The molecule has 0 radical (unpaired) electrons. The van der Waals surface area contributed by atoms with Crippen molar-refractivity contribution in [3.63, 3.8) is 0 Å². The highest BCUT2D eigenvalue weighted by molar-refractivity contribution is 5.77. The fourth-order valence-electron chi connectivity index (χ4n) is 1.66. The number of hydrogen-bond acceptors (Lipinski definition) is 5. The van der Waals surface area contributed by atoms with E-state index in [1.807, 2.05) is 0 Å². The summed E-state index contributed by atoms with van der Waals surface area (Å²) in [4.78, 5) is 14.4. The number of carbonyl (C=O) groups is 1. The van der Waals surface area contributed by atoms with Gasteiger partial charge in [0.1, 0.15) is 12.4 Å². The first kappa shape index (κ1) is 16.9. The number of methoxy groups -OCH3 is 1. The lowest BCUT2D eigenvalue weighted by atomic mass is 10.1. The molecule has 0 aliphatic carbocycles. The highest BCUT2D eigenvalue weighted by Gasteiger charge is 2.38. The van der Waals surface area contributed by atoms with Crippen molar-refractivity contribution in [2.24, 2.45) is 0 Å². The molecule has 0 fully saturated rings. The number of amides is 1. The van der Waals surface area contributed by atoms with Crippen LogP contribution < -0.4 is 5.32 Å². The molecule has 124 valence electrons. The summed E-state index contributed by atoms with van der Waals surface area (Å²) in [5.74, 6) is -3.04. The lowest BCUT2D eigenvalue weighted by Crippen LogP contribution is -2.26. The Kier molecular flexibility index (Phi) is 4.94. The SMILES string of the molecule is COCC(=O)NCc1ccc(-c2noc(C(F)(F)F)n2)cc1F. The average Bonchev–Trinajstić information content (AvgIpc) is 2.96. The molecule has 6 nitrogen and oxygen atoms in total. The molecule has 1 aromatic carbocycles. The van der Waals surface area contributed by atoms with Crippen LogP contribution in [-0.2, 0) is 22.3 Å². The molecule has 1 amide bonds. The minimum Gasteiger partial charge on any atom is -0.375 e. The summed E-state index contributed by atoms with van der Waals surface area (Å²) in [6, 6.07) is 3.59. The lowest BCUT2D eigenvalue weighted by molar-refractivity contribution is -0.159. The average molecular weight is 333 g/mol. The van der Waals surface area contributed by atoms with E-state index in [1.54, 1.807) is 0 Å². The van der Waals surface area contributed by atoms with Gasteiger partial charge in [-0.3, -0.25) is 4.79 Å². The molecule has 0 aliphatic heterocycles. The second-order valence-electron chi connectivity index (χ2n) is 4.44. The van der Waals surface area contributed by atoms with E-state index in [2.05, 4.69) is 24.7 Å². The van der Waals surface area contributed by atoms with Gasteiger partial charge in [0.15, 0.2) is 0 Å². The maximum absolute atomic E-state index is 13.9. The third-order valence-corrected chi connectivity index (χ3v) is 2.73. The molecule has 0 atom stereocenters. The van der Waals surface area contributed by atoms with Crippen LogP contribution in [0, 0.1) is 5.82 Å². The molecule has 0 unspecified atom stereocenters. The molecule has 23 heavy (non-hydrogen) atoms. The summed E-state index contributed by atoms with van der Waals surface area (Å²) in [5.41, 5.74) is 0.173. The Balaban J connectivity index is 2.13. The molecule has 0 saturated carbocycles. The van der Waals surface area contributed by atoms with Crippen LogP contribution in [0.15, 0.2) is 22.7 Å². The van der Waals surface area contributed by atoms with E-state index in [0.29, 0.717) is 0 Å². The van der Waals surface area contributed by atoms with Crippen LogP contribution in [0.2, 0.25) is 0 Å². The molecule has 2 aromatic rings. The molecule has 0 bridgehead atoms.